The molecule has 10 heteroatoms. The Labute approximate surface area is 297 Å². The zero-order valence-electron chi connectivity index (χ0n) is 27.0. The maximum atomic E-state index is 14.1. The van der Waals surface area contributed by atoms with Gasteiger partial charge in [-0.05, 0) is 69.3 Å². The third kappa shape index (κ3) is 7.39. The molecule has 0 aromatic heterocycles. The van der Waals surface area contributed by atoms with Crippen LogP contribution >= 0.6 is 19.0 Å². The van der Waals surface area contributed by atoms with E-state index in [1.54, 1.807) is 23.9 Å². The normalized spacial score (nSPS) is 17.4. The number of thioether (sulfide) groups is 1. The fraction of sp³-hybridized carbons (Fsp3) is 0.237. The van der Waals surface area contributed by atoms with Crippen LogP contribution in [0.3, 0.4) is 0 Å². The predicted molar refractivity (Wildman–Crippen MR) is 190 cm³/mol. The van der Waals surface area contributed by atoms with Crippen LogP contribution in [0.2, 0.25) is 0 Å². The summed E-state index contributed by atoms with van der Waals surface area (Å²) in [6, 6.07) is 39.6. The number of halogens is 1. The molecule has 248 valence electrons. The van der Waals surface area contributed by atoms with Crippen molar-refractivity contribution in [2.24, 2.45) is 0 Å². The SMILES string of the molecule is CC(C)(C)OC(=O)C1=C(C[P+](c2ccccc2)(c2ccccc2)c2ccccc2)CS[C@@H]2[C@H](NC(=O)COc3ccccc3)C(=O)N12.[Br-]. The molecule has 0 radical (unpaired) electrons. The maximum Gasteiger partial charge on any atom is 0.355 e. The summed E-state index contributed by atoms with van der Waals surface area (Å²) < 4.78 is 11.5. The minimum Gasteiger partial charge on any atom is -1.00 e. The van der Waals surface area contributed by atoms with E-state index in [9.17, 15) is 14.4 Å². The summed E-state index contributed by atoms with van der Waals surface area (Å²) in [5.41, 5.74) is 0.374. The molecule has 0 bridgehead atoms. The number of para-hydroxylation sites is 1. The van der Waals surface area contributed by atoms with Crippen molar-refractivity contribution in [1.82, 2.24) is 10.2 Å². The van der Waals surface area contributed by atoms with Crippen molar-refractivity contribution in [3.63, 3.8) is 0 Å². The van der Waals surface area contributed by atoms with Crippen LogP contribution in [0, 0.1) is 0 Å². The Morgan fingerprint density at radius 1 is 0.812 bits per heavy atom. The van der Waals surface area contributed by atoms with Crippen molar-refractivity contribution in [3.8, 4) is 5.75 Å². The van der Waals surface area contributed by atoms with E-state index in [2.05, 4.69) is 78.1 Å². The first-order valence-corrected chi connectivity index (χ1v) is 18.6. The van der Waals surface area contributed by atoms with Gasteiger partial charge < -0.3 is 31.8 Å². The number of rotatable bonds is 10. The lowest BCUT2D eigenvalue weighted by Crippen LogP contribution is -3.00. The fourth-order valence-corrected chi connectivity index (χ4v) is 11.9. The summed E-state index contributed by atoms with van der Waals surface area (Å²) in [5.74, 6) is -0.196. The summed E-state index contributed by atoms with van der Waals surface area (Å²) >= 11 is 1.56. The number of β-lactam (4-membered cyclic amide) rings is 1. The van der Waals surface area contributed by atoms with E-state index in [4.69, 9.17) is 9.47 Å². The van der Waals surface area contributed by atoms with Crippen LogP contribution in [0.5, 0.6) is 5.75 Å². The van der Waals surface area contributed by atoms with Gasteiger partial charge in [-0.25, -0.2) is 4.79 Å². The Hall–Kier alpha value is -3.91. The van der Waals surface area contributed by atoms with Crippen molar-refractivity contribution < 1.29 is 40.8 Å². The quantitative estimate of drug-likeness (QED) is 0.152. The highest BCUT2D eigenvalue weighted by Gasteiger charge is 2.57. The molecule has 1 fully saturated rings. The Morgan fingerprint density at radius 2 is 1.29 bits per heavy atom. The number of carbonyl (C=O) groups excluding carboxylic acids is 3. The first kappa shape index (κ1) is 35.4. The molecular formula is C38H38BrN2O5PS. The van der Waals surface area contributed by atoms with Gasteiger partial charge in [-0.2, -0.15) is 0 Å². The maximum absolute atomic E-state index is 14.1. The molecule has 4 aromatic carbocycles. The molecule has 7 nitrogen and oxygen atoms in total. The highest BCUT2D eigenvalue weighted by molar-refractivity contribution is 8.00. The highest BCUT2D eigenvalue weighted by atomic mass is 79.9. The average Bonchev–Trinajstić information content (AvgIpc) is 3.09. The third-order valence-corrected chi connectivity index (χ3v) is 13.8. The molecule has 0 aliphatic carbocycles. The second-order valence-corrected chi connectivity index (χ2v) is 17.1. The Kier molecular flexibility index (Phi) is 11.1. The first-order valence-electron chi connectivity index (χ1n) is 15.6. The average molecular weight is 746 g/mol. The summed E-state index contributed by atoms with van der Waals surface area (Å²) in [6.45, 7) is 5.25. The van der Waals surface area contributed by atoms with Crippen LogP contribution < -0.4 is 42.9 Å². The number of benzene rings is 4. The van der Waals surface area contributed by atoms with Gasteiger partial charge in [0, 0.05) is 11.3 Å². The molecule has 2 amide bonds. The van der Waals surface area contributed by atoms with Crippen LogP contribution in [0.1, 0.15) is 20.8 Å². The molecule has 2 atom stereocenters. The van der Waals surface area contributed by atoms with Gasteiger partial charge in [0.25, 0.3) is 11.8 Å². The summed E-state index contributed by atoms with van der Waals surface area (Å²) in [5, 5.41) is 5.94. The molecule has 2 heterocycles. The summed E-state index contributed by atoms with van der Waals surface area (Å²) in [7, 11) is -2.37. The van der Waals surface area contributed by atoms with Gasteiger partial charge in [0.05, 0.1) is 6.16 Å². The van der Waals surface area contributed by atoms with Gasteiger partial charge >= 0.3 is 5.97 Å². The molecule has 48 heavy (non-hydrogen) atoms. The van der Waals surface area contributed by atoms with E-state index >= 15 is 0 Å². The third-order valence-electron chi connectivity index (χ3n) is 8.09. The van der Waals surface area contributed by atoms with Crippen molar-refractivity contribution in [1.29, 1.82) is 0 Å². The standard InChI is InChI=1S/C38H37N2O5PS.BrH/c1-38(2,3)45-37(43)34-27(26-47-36-33(35(42)40(34)36)39-32(41)24-44-28-16-8-4-9-17-28)25-46(29-18-10-5-11-19-29,30-20-12-6-13-21-30)31-22-14-7-15-23-31;/h4-23,33,36H,24-26H2,1-3H3;1H/t33-,36-;/m1./s1. The number of carbonyl (C=O) groups is 3. The van der Waals surface area contributed by atoms with Crippen LogP contribution in [-0.2, 0) is 19.1 Å². The zero-order valence-corrected chi connectivity index (χ0v) is 30.3. The van der Waals surface area contributed by atoms with Crippen molar-refractivity contribution >= 4 is 52.7 Å². The van der Waals surface area contributed by atoms with Gasteiger partial charge in [-0.3, -0.25) is 14.5 Å². The number of amides is 2. The molecule has 0 spiro atoms. The van der Waals surface area contributed by atoms with Crippen LogP contribution in [0.4, 0.5) is 0 Å². The molecule has 6 rings (SSSR count). The van der Waals surface area contributed by atoms with Crippen LogP contribution in [0.25, 0.3) is 0 Å². The van der Waals surface area contributed by atoms with Gasteiger partial charge in [0.1, 0.15) is 51.6 Å². The van der Waals surface area contributed by atoms with E-state index in [1.807, 2.05) is 57.2 Å². The number of hydrogen-bond donors (Lipinski definition) is 1. The minimum atomic E-state index is -2.37. The molecule has 2 aliphatic rings. The number of esters is 1. The lowest BCUT2D eigenvalue weighted by molar-refractivity contribution is -0.159. The van der Waals surface area contributed by atoms with Crippen LogP contribution in [0.15, 0.2) is 133 Å². The van der Waals surface area contributed by atoms with Crippen LogP contribution in [-0.4, -0.2) is 58.2 Å². The van der Waals surface area contributed by atoms with Gasteiger partial charge in [0.2, 0.25) is 0 Å². The molecule has 2 aliphatic heterocycles. The number of nitrogens with one attached hydrogen (secondary N) is 1. The molecule has 0 unspecified atom stereocenters. The monoisotopic (exact) mass is 744 g/mol. The molecule has 0 saturated carbocycles. The Bertz CT molecular complexity index is 1670. The Balaban J connectivity index is 0.00000451. The first-order chi connectivity index (χ1) is 22.7. The Morgan fingerprint density at radius 3 is 1.77 bits per heavy atom. The van der Waals surface area contributed by atoms with Crippen molar-refractivity contribution in [2.45, 2.75) is 37.8 Å². The van der Waals surface area contributed by atoms with Gasteiger partial charge in [-0.15, -0.1) is 11.8 Å². The van der Waals surface area contributed by atoms with E-state index in [0.29, 0.717) is 17.7 Å². The van der Waals surface area contributed by atoms with Gasteiger partial charge in [0.15, 0.2) is 6.61 Å². The number of fused-ring (bicyclic) bond motifs is 1. The second-order valence-electron chi connectivity index (χ2n) is 12.5. The predicted octanol–water partition coefficient (Wildman–Crippen LogP) is 2.06. The molecular weight excluding hydrogens is 707 g/mol. The summed E-state index contributed by atoms with van der Waals surface area (Å²) in [6.07, 6.45) is 0.547. The second kappa shape index (κ2) is 15.1. The molecule has 1 saturated heterocycles. The molecule has 4 aromatic rings. The van der Waals surface area contributed by atoms with Crippen molar-refractivity contribution in [2.75, 3.05) is 18.5 Å². The number of ether oxygens (including phenoxy) is 2. The van der Waals surface area contributed by atoms with Gasteiger partial charge in [-0.1, -0.05) is 72.8 Å². The largest absolute Gasteiger partial charge is 1.00 e. The zero-order chi connectivity index (χ0) is 33.0. The lowest BCUT2D eigenvalue weighted by atomic mass is 10.0. The topological polar surface area (TPSA) is 84.9 Å². The summed E-state index contributed by atoms with van der Waals surface area (Å²) in [4.78, 5) is 42.3. The highest BCUT2D eigenvalue weighted by Crippen LogP contribution is 2.58. The number of hydrogen-bond acceptors (Lipinski definition) is 6. The van der Waals surface area contributed by atoms with Crippen molar-refractivity contribution in [3.05, 3.63) is 133 Å². The molecule has 1 N–H and O–H groups in total. The smallest absolute Gasteiger partial charge is 0.355 e. The number of nitrogens with zero attached hydrogens (tertiary/aromatic N) is 1. The fourth-order valence-electron chi connectivity index (χ4n) is 6.06. The van der Waals surface area contributed by atoms with E-state index in [-0.39, 0.29) is 35.2 Å². The lowest BCUT2D eigenvalue weighted by Gasteiger charge is -2.50. The van der Waals surface area contributed by atoms with E-state index in [0.717, 1.165) is 5.57 Å². The minimum absolute atomic E-state index is 0. The van der Waals surface area contributed by atoms with E-state index < -0.39 is 36.2 Å². The van der Waals surface area contributed by atoms with E-state index in [1.165, 1.54) is 20.8 Å².